The molecule has 0 saturated heterocycles. The maximum absolute atomic E-state index is 6.66. The van der Waals surface area contributed by atoms with Gasteiger partial charge in [-0.1, -0.05) is 105 Å². The minimum Gasteiger partial charge on any atom is -0.454 e. The standard InChI is InChI=1S/C37H27NO/c1-37(2)31-17-9-8-15-28(31)29-21-20-26(23-32(29)37)38(25-12-4-3-5-13-25)33-18-10-16-30-35-27-14-7-6-11-24(27)19-22-34(35)39-36(30)33/h3-23H,1-2H3. The highest BCUT2D eigenvalue weighted by Crippen LogP contribution is 2.51. The first-order valence-corrected chi connectivity index (χ1v) is 13.5. The summed E-state index contributed by atoms with van der Waals surface area (Å²) in [5, 5.41) is 4.74. The molecule has 0 saturated carbocycles. The van der Waals surface area contributed by atoms with Crippen LogP contribution in [0.4, 0.5) is 17.1 Å². The topological polar surface area (TPSA) is 16.4 Å². The number of hydrogen-bond donors (Lipinski definition) is 0. The first kappa shape index (κ1) is 22.2. The van der Waals surface area contributed by atoms with E-state index in [2.05, 4.69) is 146 Å². The van der Waals surface area contributed by atoms with E-state index in [0.717, 1.165) is 33.6 Å². The zero-order valence-corrected chi connectivity index (χ0v) is 22.0. The van der Waals surface area contributed by atoms with E-state index in [0.29, 0.717) is 0 Å². The molecule has 186 valence electrons. The number of anilines is 3. The smallest absolute Gasteiger partial charge is 0.159 e. The Labute approximate surface area is 227 Å². The largest absolute Gasteiger partial charge is 0.454 e. The van der Waals surface area contributed by atoms with Gasteiger partial charge >= 0.3 is 0 Å². The molecule has 1 aliphatic rings. The fraction of sp³-hybridized carbons (Fsp3) is 0.0811. The van der Waals surface area contributed by atoms with E-state index in [4.69, 9.17) is 4.42 Å². The van der Waals surface area contributed by atoms with Crippen molar-refractivity contribution in [2.24, 2.45) is 0 Å². The van der Waals surface area contributed by atoms with Crippen LogP contribution in [0.1, 0.15) is 25.0 Å². The molecule has 2 nitrogen and oxygen atoms in total. The van der Waals surface area contributed by atoms with Gasteiger partial charge in [-0.3, -0.25) is 0 Å². The summed E-state index contributed by atoms with van der Waals surface area (Å²) in [7, 11) is 0. The molecule has 0 unspecified atom stereocenters. The normalized spacial score (nSPS) is 13.6. The third kappa shape index (κ3) is 3.15. The summed E-state index contributed by atoms with van der Waals surface area (Å²) in [6.45, 7) is 4.67. The van der Waals surface area contributed by atoms with Gasteiger partial charge in [-0.15, -0.1) is 0 Å². The Morgan fingerprint density at radius 2 is 1.31 bits per heavy atom. The number of para-hydroxylation sites is 2. The van der Waals surface area contributed by atoms with Crippen molar-refractivity contribution in [1.82, 2.24) is 0 Å². The van der Waals surface area contributed by atoms with Crippen molar-refractivity contribution in [3.8, 4) is 11.1 Å². The number of benzene rings is 6. The molecule has 1 aliphatic carbocycles. The van der Waals surface area contributed by atoms with Crippen LogP contribution in [0.25, 0.3) is 43.8 Å². The number of furan rings is 1. The number of hydrogen-bond acceptors (Lipinski definition) is 2. The Bertz CT molecular complexity index is 2050. The second-order valence-corrected chi connectivity index (χ2v) is 11.0. The molecule has 1 heterocycles. The van der Waals surface area contributed by atoms with Gasteiger partial charge < -0.3 is 9.32 Å². The van der Waals surface area contributed by atoms with Crippen LogP contribution in [0.3, 0.4) is 0 Å². The highest BCUT2D eigenvalue weighted by molar-refractivity contribution is 6.20. The third-order valence-electron chi connectivity index (χ3n) is 8.45. The molecule has 0 atom stereocenters. The maximum Gasteiger partial charge on any atom is 0.159 e. The van der Waals surface area contributed by atoms with Crippen LogP contribution >= 0.6 is 0 Å². The molecule has 8 rings (SSSR count). The summed E-state index contributed by atoms with van der Waals surface area (Å²) < 4.78 is 6.66. The highest BCUT2D eigenvalue weighted by Gasteiger charge is 2.35. The van der Waals surface area contributed by atoms with Crippen LogP contribution in [-0.4, -0.2) is 0 Å². The third-order valence-corrected chi connectivity index (χ3v) is 8.45. The summed E-state index contributed by atoms with van der Waals surface area (Å²) in [4.78, 5) is 2.34. The van der Waals surface area contributed by atoms with Crippen LogP contribution in [0, 0.1) is 0 Å². The average molecular weight is 502 g/mol. The van der Waals surface area contributed by atoms with Gasteiger partial charge in [0.15, 0.2) is 5.58 Å². The Morgan fingerprint density at radius 1 is 0.564 bits per heavy atom. The first-order chi connectivity index (χ1) is 19.1. The molecule has 0 fully saturated rings. The molecule has 7 aromatic rings. The van der Waals surface area contributed by atoms with Crippen LogP contribution < -0.4 is 4.90 Å². The molecule has 2 heteroatoms. The van der Waals surface area contributed by atoms with Crippen LogP contribution in [0.2, 0.25) is 0 Å². The fourth-order valence-corrected chi connectivity index (χ4v) is 6.57. The average Bonchev–Trinajstić information content (AvgIpc) is 3.48. The zero-order valence-electron chi connectivity index (χ0n) is 22.0. The van der Waals surface area contributed by atoms with E-state index in [-0.39, 0.29) is 5.41 Å². The Hall–Kier alpha value is -4.82. The van der Waals surface area contributed by atoms with Gasteiger partial charge in [0.25, 0.3) is 0 Å². The molecule has 0 radical (unpaired) electrons. The van der Waals surface area contributed by atoms with Crippen molar-refractivity contribution < 1.29 is 4.42 Å². The molecule has 6 aromatic carbocycles. The SMILES string of the molecule is CC1(C)c2ccccc2-c2ccc(N(c3ccccc3)c3cccc4c3oc3ccc5ccccc5c34)cc21. The monoisotopic (exact) mass is 501 g/mol. The van der Waals surface area contributed by atoms with Gasteiger partial charge in [0.2, 0.25) is 0 Å². The van der Waals surface area contributed by atoms with Crippen molar-refractivity contribution in [3.63, 3.8) is 0 Å². The summed E-state index contributed by atoms with van der Waals surface area (Å²) in [6.07, 6.45) is 0. The molecule has 0 amide bonds. The molecule has 0 aliphatic heterocycles. The molecular weight excluding hydrogens is 474 g/mol. The van der Waals surface area contributed by atoms with E-state index in [1.54, 1.807) is 0 Å². The minimum atomic E-state index is -0.0748. The fourth-order valence-electron chi connectivity index (χ4n) is 6.57. The summed E-state index contributed by atoms with van der Waals surface area (Å²) in [5.41, 5.74) is 10.4. The van der Waals surface area contributed by atoms with Gasteiger partial charge in [0.05, 0.1) is 5.69 Å². The van der Waals surface area contributed by atoms with Gasteiger partial charge in [-0.05, 0) is 69.4 Å². The molecule has 1 aromatic heterocycles. The zero-order chi connectivity index (χ0) is 26.1. The lowest BCUT2D eigenvalue weighted by atomic mass is 9.82. The molecule has 0 N–H and O–H groups in total. The highest BCUT2D eigenvalue weighted by atomic mass is 16.3. The summed E-state index contributed by atoms with van der Waals surface area (Å²) in [5.74, 6) is 0. The maximum atomic E-state index is 6.66. The molecular formula is C37H27NO. The van der Waals surface area contributed by atoms with Gasteiger partial charge in [0, 0.05) is 27.6 Å². The molecule has 0 bridgehead atoms. The molecule has 39 heavy (non-hydrogen) atoms. The first-order valence-electron chi connectivity index (χ1n) is 13.5. The van der Waals surface area contributed by atoms with E-state index in [1.807, 2.05) is 0 Å². The number of fused-ring (bicyclic) bond motifs is 8. The quantitative estimate of drug-likeness (QED) is 0.239. The van der Waals surface area contributed by atoms with Crippen molar-refractivity contribution in [2.45, 2.75) is 19.3 Å². The summed E-state index contributed by atoms with van der Waals surface area (Å²) in [6, 6.07) is 45.6. The van der Waals surface area contributed by atoms with E-state index >= 15 is 0 Å². The second-order valence-electron chi connectivity index (χ2n) is 11.0. The number of nitrogens with zero attached hydrogens (tertiary/aromatic N) is 1. The van der Waals surface area contributed by atoms with Crippen LogP contribution in [0.15, 0.2) is 132 Å². The lowest BCUT2D eigenvalue weighted by Crippen LogP contribution is -2.16. The predicted molar refractivity (Wildman–Crippen MR) is 163 cm³/mol. The van der Waals surface area contributed by atoms with Crippen molar-refractivity contribution in [1.29, 1.82) is 0 Å². The summed E-state index contributed by atoms with van der Waals surface area (Å²) >= 11 is 0. The lowest BCUT2D eigenvalue weighted by molar-refractivity contribution is 0.660. The molecule has 0 spiro atoms. The van der Waals surface area contributed by atoms with Gasteiger partial charge in [0.1, 0.15) is 5.58 Å². The Morgan fingerprint density at radius 3 is 2.21 bits per heavy atom. The Balaban J connectivity index is 1.40. The van der Waals surface area contributed by atoms with E-state index in [9.17, 15) is 0 Å². The van der Waals surface area contributed by atoms with Gasteiger partial charge in [-0.2, -0.15) is 0 Å². The second kappa shape index (κ2) is 8.09. The van der Waals surface area contributed by atoms with Crippen molar-refractivity contribution in [2.75, 3.05) is 4.90 Å². The van der Waals surface area contributed by atoms with Crippen LogP contribution in [-0.2, 0) is 5.41 Å². The van der Waals surface area contributed by atoms with E-state index in [1.165, 1.54) is 38.4 Å². The van der Waals surface area contributed by atoms with Crippen LogP contribution in [0.5, 0.6) is 0 Å². The van der Waals surface area contributed by atoms with Crippen molar-refractivity contribution in [3.05, 3.63) is 139 Å². The number of rotatable bonds is 3. The van der Waals surface area contributed by atoms with E-state index < -0.39 is 0 Å². The Kier molecular flexibility index (Phi) is 4.60. The predicted octanol–water partition coefficient (Wildman–Crippen LogP) is 10.5. The van der Waals surface area contributed by atoms with Gasteiger partial charge in [-0.25, -0.2) is 0 Å². The minimum absolute atomic E-state index is 0.0748. The van der Waals surface area contributed by atoms with Crippen molar-refractivity contribution >= 4 is 49.8 Å². The lowest BCUT2D eigenvalue weighted by Gasteiger charge is -2.28.